The molecule has 1 amide bonds. The first-order valence-electron chi connectivity index (χ1n) is 7.37. The van der Waals surface area contributed by atoms with E-state index in [-0.39, 0.29) is 5.91 Å². The fourth-order valence-electron chi connectivity index (χ4n) is 1.98. The highest BCUT2D eigenvalue weighted by molar-refractivity contribution is 5.94. The van der Waals surface area contributed by atoms with Crippen molar-refractivity contribution in [3.05, 3.63) is 48.2 Å². The third kappa shape index (κ3) is 5.27. The Morgan fingerprint density at radius 3 is 2.65 bits per heavy atom. The summed E-state index contributed by atoms with van der Waals surface area (Å²) in [5.74, 6) is 1.27. The number of nitrogens with zero attached hydrogens (tertiary/aromatic N) is 1. The van der Waals surface area contributed by atoms with Gasteiger partial charge in [-0.3, -0.25) is 4.79 Å². The second-order valence-corrected chi connectivity index (χ2v) is 4.89. The number of pyridine rings is 1. The number of amides is 1. The predicted molar refractivity (Wildman–Crippen MR) is 89.3 cm³/mol. The zero-order chi connectivity index (χ0) is 16.5. The van der Waals surface area contributed by atoms with Crippen molar-refractivity contribution in [3.63, 3.8) is 0 Å². The minimum atomic E-state index is -0.124. The number of nitrogens with one attached hydrogen (secondary N) is 2. The normalized spacial score (nSPS) is 10.2. The SMILES string of the molecule is COCCCNC(=O)c1ccnc(Nc2ccc(OC)cc2)c1. The largest absolute Gasteiger partial charge is 0.497 e. The number of ether oxygens (including phenoxy) is 2. The Labute approximate surface area is 135 Å². The van der Waals surface area contributed by atoms with Crippen LogP contribution < -0.4 is 15.4 Å². The van der Waals surface area contributed by atoms with Gasteiger partial charge in [-0.25, -0.2) is 4.98 Å². The van der Waals surface area contributed by atoms with Crippen molar-refractivity contribution >= 4 is 17.4 Å². The van der Waals surface area contributed by atoms with Gasteiger partial charge in [0.15, 0.2) is 0 Å². The fraction of sp³-hybridized carbons (Fsp3) is 0.294. The quantitative estimate of drug-likeness (QED) is 0.733. The zero-order valence-electron chi connectivity index (χ0n) is 13.3. The van der Waals surface area contributed by atoms with Gasteiger partial charge in [0, 0.05) is 37.7 Å². The molecule has 122 valence electrons. The van der Waals surface area contributed by atoms with E-state index in [1.165, 1.54) is 0 Å². The molecule has 0 aliphatic rings. The van der Waals surface area contributed by atoms with Gasteiger partial charge in [-0.2, -0.15) is 0 Å². The Morgan fingerprint density at radius 2 is 1.96 bits per heavy atom. The first-order valence-corrected chi connectivity index (χ1v) is 7.37. The van der Waals surface area contributed by atoms with Gasteiger partial charge in [0.2, 0.25) is 0 Å². The van der Waals surface area contributed by atoms with E-state index in [2.05, 4.69) is 15.6 Å². The molecular formula is C17H21N3O3. The zero-order valence-corrected chi connectivity index (χ0v) is 13.3. The van der Waals surface area contributed by atoms with Crippen LogP contribution in [0.5, 0.6) is 5.75 Å². The maximum atomic E-state index is 12.1. The van der Waals surface area contributed by atoms with E-state index >= 15 is 0 Å². The number of rotatable bonds is 8. The van der Waals surface area contributed by atoms with Crippen LogP contribution in [0.15, 0.2) is 42.6 Å². The molecule has 0 fully saturated rings. The van der Waals surface area contributed by atoms with Crippen LogP contribution in [0, 0.1) is 0 Å². The van der Waals surface area contributed by atoms with Crippen molar-refractivity contribution in [2.45, 2.75) is 6.42 Å². The van der Waals surface area contributed by atoms with E-state index in [4.69, 9.17) is 9.47 Å². The number of carbonyl (C=O) groups excluding carboxylic acids is 1. The van der Waals surface area contributed by atoms with Gasteiger partial charge in [-0.15, -0.1) is 0 Å². The van der Waals surface area contributed by atoms with Gasteiger partial charge in [0.05, 0.1) is 7.11 Å². The molecule has 0 saturated heterocycles. The average molecular weight is 315 g/mol. The summed E-state index contributed by atoms with van der Waals surface area (Å²) < 4.78 is 10.1. The van der Waals surface area contributed by atoms with Crippen LogP contribution in [0.4, 0.5) is 11.5 Å². The Morgan fingerprint density at radius 1 is 1.17 bits per heavy atom. The molecule has 0 saturated carbocycles. The molecule has 0 aliphatic carbocycles. The number of hydrogen-bond donors (Lipinski definition) is 2. The highest BCUT2D eigenvalue weighted by Gasteiger charge is 2.06. The van der Waals surface area contributed by atoms with E-state index in [1.807, 2.05) is 24.3 Å². The summed E-state index contributed by atoms with van der Waals surface area (Å²) >= 11 is 0. The summed E-state index contributed by atoms with van der Waals surface area (Å²) in [7, 11) is 3.26. The van der Waals surface area contributed by atoms with Crippen LogP contribution in [-0.2, 0) is 4.74 Å². The fourth-order valence-corrected chi connectivity index (χ4v) is 1.98. The van der Waals surface area contributed by atoms with Crippen molar-refractivity contribution < 1.29 is 14.3 Å². The summed E-state index contributed by atoms with van der Waals surface area (Å²) in [5, 5.41) is 6.01. The number of anilines is 2. The van der Waals surface area contributed by atoms with Gasteiger partial charge >= 0.3 is 0 Å². The van der Waals surface area contributed by atoms with Crippen LogP contribution in [-0.4, -0.2) is 38.3 Å². The molecule has 0 atom stereocenters. The molecule has 0 radical (unpaired) electrons. The van der Waals surface area contributed by atoms with E-state index in [9.17, 15) is 4.79 Å². The molecule has 6 heteroatoms. The molecule has 2 rings (SSSR count). The predicted octanol–water partition coefficient (Wildman–Crippen LogP) is 2.60. The molecule has 1 aromatic carbocycles. The third-order valence-corrected chi connectivity index (χ3v) is 3.20. The molecular weight excluding hydrogens is 294 g/mol. The lowest BCUT2D eigenvalue weighted by Gasteiger charge is -2.09. The first-order chi connectivity index (χ1) is 11.2. The average Bonchev–Trinajstić information content (AvgIpc) is 2.59. The van der Waals surface area contributed by atoms with Crippen molar-refractivity contribution in [2.75, 3.05) is 32.7 Å². The van der Waals surface area contributed by atoms with E-state index in [0.717, 1.165) is 17.9 Å². The van der Waals surface area contributed by atoms with E-state index in [1.54, 1.807) is 32.5 Å². The highest BCUT2D eigenvalue weighted by Crippen LogP contribution is 2.19. The maximum Gasteiger partial charge on any atom is 0.251 e. The maximum absolute atomic E-state index is 12.1. The first kappa shape index (κ1) is 16.8. The minimum absolute atomic E-state index is 0.124. The molecule has 0 unspecified atom stereocenters. The highest BCUT2D eigenvalue weighted by atomic mass is 16.5. The van der Waals surface area contributed by atoms with Gasteiger partial charge in [-0.1, -0.05) is 0 Å². The molecule has 1 aromatic heterocycles. The Balaban J connectivity index is 1.96. The summed E-state index contributed by atoms with van der Waals surface area (Å²) in [5.41, 5.74) is 1.43. The molecule has 2 N–H and O–H groups in total. The molecule has 23 heavy (non-hydrogen) atoms. The summed E-state index contributed by atoms with van der Waals surface area (Å²) in [6, 6.07) is 10.9. The smallest absolute Gasteiger partial charge is 0.251 e. The molecule has 6 nitrogen and oxygen atoms in total. The second-order valence-electron chi connectivity index (χ2n) is 4.89. The van der Waals surface area contributed by atoms with E-state index in [0.29, 0.717) is 24.5 Å². The molecule has 0 aliphatic heterocycles. The van der Waals surface area contributed by atoms with Gasteiger partial charge < -0.3 is 20.1 Å². The molecule has 1 heterocycles. The standard InChI is InChI=1S/C17H21N3O3/c1-22-11-3-9-19-17(21)13-8-10-18-16(12-13)20-14-4-6-15(23-2)7-5-14/h4-8,10,12H,3,9,11H2,1-2H3,(H,18,20)(H,19,21). The minimum Gasteiger partial charge on any atom is -0.497 e. The monoisotopic (exact) mass is 315 g/mol. The topological polar surface area (TPSA) is 72.5 Å². The van der Waals surface area contributed by atoms with Crippen molar-refractivity contribution in [3.8, 4) is 5.75 Å². The van der Waals surface area contributed by atoms with Gasteiger partial charge in [0.1, 0.15) is 11.6 Å². The summed E-state index contributed by atoms with van der Waals surface area (Å²) in [6.07, 6.45) is 2.39. The van der Waals surface area contributed by atoms with Gasteiger partial charge in [-0.05, 0) is 42.8 Å². The lowest BCUT2D eigenvalue weighted by molar-refractivity contribution is 0.0948. The summed E-state index contributed by atoms with van der Waals surface area (Å²) in [4.78, 5) is 16.3. The third-order valence-electron chi connectivity index (χ3n) is 3.20. The lowest BCUT2D eigenvalue weighted by atomic mass is 10.2. The molecule has 0 spiro atoms. The number of carbonyl (C=O) groups is 1. The Kier molecular flexibility index (Phi) is 6.38. The molecule has 2 aromatic rings. The second kappa shape index (κ2) is 8.75. The lowest BCUT2D eigenvalue weighted by Crippen LogP contribution is -2.25. The molecule has 0 bridgehead atoms. The summed E-state index contributed by atoms with van der Waals surface area (Å²) in [6.45, 7) is 1.21. The van der Waals surface area contributed by atoms with Crippen LogP contribution in [0.25, 0.3) is 0 Å². The van der Waals surface area contributed by atoms with Crippen LogP contribution in [0.3, 0.4) is 0 Å². The number of aromatic nitrogens is 1. The van der Waals surface area contributed by atoms with Crippen molar-refractivity contribution in [1.82, 2.24) is 10.3 Å². The van der Waals surface area contributed by atoms with Crippen molar-refractivity contribution in [1.29, 1.82) is 0 Å². The van der Waals surface area contributed by atoms with Crippen LogP contribution in [0.1, 0.15) is 16.8 Å². The Hall–Kier alpha value is -2.60. The number of methoxy groups -OCH3 is 2. The Bertz CT molecular complexity index is 629. The van der Waals surface area contributed by atoms with Gasteiger partial charge in [0.25, 0.3) is 5.91 Å². The van der Waals surface area contributed by atoms with Crippen LogP contribution in [0.2, 0.25) is 0 Å². The van der Waals surface area contributed by atoms with E-state index < -0.39 is 0 Å². The number of hydrogen-bond acceptors (Lipinski definition) is 5. The van der Waals surface area contributed by atoms with Crippen molar-refractivity contribution in [2.24, 2.45) is 0 Å². The number of benzene rings is 1. The van der Waals surface area contributed by atoms with Crippen LogP contribution >= 0.6 is 0 Å².